The van der Waals surface area contributed by atoms with Crippen LogP contribution in [0.4, 0.5) is 0 Å². The second-order valence-electron chi connectivity index (χ2n) is 8.25. The summed E-state index contributed by atoms with van der Waals surface area (Å²) >= 11 is 1.64. The van der Waals surface area contributed by atoms with Crippen LogP contribution >= 0.6 is 11.3 Å². The van der Waals surface area contributed by atoms with Crippen LogP contribution in [0, 0.1) is 5.41 Å². The van der Waals surface area contributed by atoms with Gasteiger partial charge in [-0.3, -0.25) is 4.79 Å². The molecule has 0 saturated heterocycles. The van der Waals surface area contributed by atoms with Gasteiger partial charge in [0, 0.05) is 6.42 Å². The highest BCUT2D eigenvalue weighted by Gasteiger charge is 2.37. The molecule has 1 aromatic carbocycles. The average Bonchev–Trinajstić information content (AvgIpc) is 3.21. The molecule has 2 heterocycles. The predicted molar refractivity (Wildman–Crippen MR) is 107 cm³/mol. The predicted octanol–water partition coefficient (Wildman–Crippen LogP) is 5.88. The minimum Gasteiger partial charge on any atom is -0.294 e. The molecule has 0 saturated carbocycles. The van der Waals surface area contributed by atoms with Gasteiger partial charge in [0.15, 0.2) is 5.78 Å². The summed E-state index contributed by atoms with van der Waals surface area (Å²) in [5.74, 6) is 0.711. The van der Waals surface area contributed by atoms with Crippen molar-refractivity contribution in [2.45, 2.75) is 46.5 Å². The fraction of sp³-hybridized carbons (Fsp3) is 0.364. The number of nitrogens with zero attached hydrogens (tertiary/aromatic N) is 2. The Morgan fingerprint density at radius 1 is 1.12 bits per heavy atom. The minimum atomic E-state index is -0.0353. The van der Waals surface area contributed by atoms with Gasteiger partial charge in [-0.05, 0) is 46.9 Å². The van der Waals surface area contributed by atoms with Crippen LogP contribution in [0.25, 0.3) is 16.3 Å². The SMILES string of the molecule is CC(C)c1ccc(-n2nc(-c3cccs3)c3c2CC(C)(C)CC3=O)cc1. The molecule has 3 aromatic rings. The van der Waals surface area contributed by atoms with E-state index in [9.17, 15) is 4.79 Å². The van der Waals surface area contributed by atoms with Gasteiger partial charge < -0.3 is 0 Å². The molecule has 134 valence electrons. The topological polar surface area (TPSA) is 34.9 Å². The molecule has 1 aliphatic carbocycles. The zero-order chi connectivity index (χ0) is 18.5. The molecular formula is C22H24N2OS. The number of benzene rings is 1. The van der Waals surface area contributed by atoms with E-state index in [2.05, 4.69) is 52.0 Å². The third kappa shape index (κ3) is 2.92. The Kier molecular flexibility index (Phi) is 4.11. The van der Waals surface area contributed by atoms with Gasteiger partial charge in [-0.15, -0.1) is 11.3 Å². The summed E-state index contributed by atoms with van der Waals surface area (Å²) in [6.07, 6.45) is 1.44. The number of carbonyl (C=O) groups is 1. The molecule has 0 aliphatic heterocycles. The van der Waals surface area contributed by atoms with Crippen molar-refractivity contribution in [1.29, 1.82) is 0 Å². The summed E-state index contributed by atoms with van der Waals surface area (Å²) in [4.78, 5) is 14.0. The molecule has 0 unspecified atom stereocenters. The van der Waals surface area contributed by atoms with E-state index in [0.29, 0.717) is 12.3 Å². The number of thiophene rings is 1. The molecule has 4 rings (SSSR count). The van der Waals surface area contributed by atoms with Crippen molar-refractivity contribution in [2.24, 2.45) is 5.41 Å². The average molecular weight is 365 g/mol. The first kappa shape index (κ1) is 17.2. The molecule has 3 nitrogen and oxygen atoms in total. The normalized spacial score (nSPS) is 16.1. The lowest BCUT2D eigenvalue weighted by atomic mass is 9.75. The van der Waals surface area contributed by atoms with Gasteiger partial charge in [-0.1, -0.05) is 45.9 Å². The fourth-order valence-corrected chi connectivity index (χ4v) is 4.46. The number of hydrogen-bond acceptors (Lipinski definition) is 3. The van der Waals surface area contributed by atoms with Crippen molar-refractivity contribution in [3.05, 3.63) is 58.6 Å². The fourth-order valence-electron chi connectivity index (χ4n) is 3.75. The van der Waals surface area contributed by atoms with Gasteiger partial charge in [-0.25, -0.2) is 4.68 Å². The first-order valence-corrected chi connectivity index (χ1v) is 10.0. The second kappa shape index (κ2) is 6.20. The van der Waals surface area contributed by atoms with Crippen molar-refractivity contribution >= 4 is 17.1 Å². The summed E-state index contributed by atoms with van der Waals surface area (Å²) < 4.78 is 1.99. The molecule has 0 N–H and O–H groups in total. The van der Waals surface area contributed by atoms with Gasteiger partial charge >= 0.3 is 0 Å². The Hall–Kier alpha value is -2.20. The van der Waals surface area contributed by atoms with Crippen LogP contribution in [-0.4, -0.2) is 15.6 Å². The highest BCUT2D eigenvalue weighted by Crippen LogP contribution is 2.40. The number of carbonyl (C=O) groups excluding carboxylic acids is 1. The summed E-state index contributed by atoms with van der Waals surface area (Å²) in [5, 5.41) is 6.94. The number of rotatable bonds is 3. The summed E-state index contributed by atoms with van der Waals surface area (Å²) in [6, 6.07) is 12.6. The van der Waals surface area contributed by atoms with Gasteiger partial charge in [0.1, 0.15) is 5.69 Å². The summed E-state index contributed by atoms with van der Waals surface area (Å²) in [5.41, 5.74) is 5.01. The summed E-state index contributed by atoms with van der Waals surface area (Å²) in [7, 11) is 0. The van der Waals surface area contributed by atoms with Gasteiger partial charge in [0.2, 0.25) is 0 Å². The lowest BCUT2D eigenvalue weighted by molar-refractivity contribution is 0.0911. The van der Waals surface area contributed by atoms with Gasteiger partial charge in [0.25, 0.3) is 0 Å². The largest absolute Gasteiger partial charge is 0.294 e. The molecule has 0 atom stereocenters. The first-order valence-electron chi connectivity index (χ1n) is 9.15. The monoisotopic (exact) mass is 364 g/mol. The van der Waals surface area contributed by atoms with Crippen molar-refractivity contribution < 1.29 is 4.79 Å². The minimum absolute atomic E-state index is 0.0353. The Bertz CT molecular complexity index is 947. The molecule has 0 amide bonds. The van der Waals surface area contributed by atoms with Crippen molar-refractivity contribution in [3.8, 4) is 16.3 Å². The van der Waals surface area contributed by atoms with Gasteiger partial charge in [-0.2, -0.15) is 5.10 Å². The maximum atomic E-state index is 13.0. The zero-order valence-electron chi connectivity index (χ0n) is 15.7. The van der Waals surface area contributed by atoms with Crippen LogP contribution in [0.15, 0.2) is 41.8 Å². The lowest BCUT2D eigenvalue weighted by Crippen LogP contribution is -2.28. The quantitative estimate of drug-likeness (QED) is 0.582. The zero-order valence-corrected chi connectivity index (χ0v) is 16.6. The second-order valence-corrected chi connectivity index (χ2v) is 9.19. The number of ketones is 1. The van der Waals surface area contributed by atoms with E-state index in [1.54, 1.807) is 11.3 Å². The molecule has 0 radical (unpaired) electrons. The summed E-state index contributed by atoms with van der Waals surface area (Å²) in [6.45, 7) is 8.72. The van der Waals surface area contributed by atoms with Crippen LogP contribution in [0.2, 0.25) is 0 Å². The van der Waals surface area contributed by atoms with Crippen LogP contribution in [0.1, 0.15) is 61.6 Å². The molecular weight excluding hydrogens is 340 g/mol. The van der Waals surface area contributed by atoms with E-state index in [-0.39, 0.29) is 11.2 Å². The third-order valence-corrected chi connectivity index (χ3v) is 5.98. The van der Waals surface area contributed by atoms with Crippen LogP contribution < -0.4 is 0 Å². The molecule has 0 spiro atoms. The van der Waals surface area contributed by atoms with E-state index in [4.69, 9.17) is 5.10 Å². The van der Waals surface area contributed by atoms with Gasteiger partial charge in [0.05, 0.1) is 21.8 Å². The number of hydrogen-bond donors (Lipinski definition) is 0. The Morgan fingerprint density at radius 3 is 2.46 bits per heavy atom. The number of Topliss-reactive ketones (excluding diaryl/α,β-unsaturated/α-hetero) is 1. The van der Waals surface area contributed by atoms with E-state index in [1.165, 1.54) is 5.56 Å². The number of aromatic nitrogens is 2. The molecule has 26 heavy (non-hydrogen) atoms. The standard InChI is InChI=1S/C22H24N2OS/c1-14(2)15-7-9-16(10-8-15)24-17-12-22(3,4)13-18(25)20(17)21(23-24)19-6-5-11-26-19/h5-11,14H,12-13H2,1-4H3. The van der Waals surface area contributed by atoms with Crippen molar-refractivity contribution in [1.82, 2.24) is 9.78 Å². The van der Waals surface area contributed by atoms with Crippen LogP contribution in [0.5, 0.6) is 0 Å². The number of fused-ring (bicyclic) bond motifs is 1. The van der Waals surface area contributed by atoms with E-state index in [1.807, 2.05) is 22.2 Å². The third-order valence-electron chi connectivity index (χ3n) is 5.10. The highest BCUT2D eigenvalue weighted by molar-refractivity contribution is 7.13. The van der Waals surface area contributed by atoms with Crippen molar-refractivity contribution in [2.75, 3.05) is 0 Å². The lowest BCUT2D eigenvalue weighted by Gasteiger charge is -2.29. The van der Waals surface area contributed by atoms with E-state index >= 15 is 0 Å². The molecule has 0 bridgehead atoms. The maximum absolute atomic E-state index is 13.0. The maximum Gasteiger partial charge on any atom is 0.167 e. The molecule has 0 fully saturated rings. The smallest absolute Gasteiger partial charge is 0.167 e. The van der Waals surface area contributed by atoms with E-state index in [0.717, 1.165) is 33.9 Å². The Morgan fingerprint density at radius 2 is 1.85 bits per heavy atom. The molecule has 2 aromatic heterocycles. The molecule has 4 heteroatoms. The Labute approximate surface area is 158 Å². The van der Waals surface area contributed by atoms with Crippen molar-refractivity contribution in [3.63, 3.8) is 0 Å². The van der Waals surface area contributed by atoms with E-state index < -0.39 is 0 Å². The molecule has 1 aliphatic rings. The van der Waals surface area contributed by atoms with Crippen LogP contribution in [0.3, 0.4) is 0 Å². The van der Waals surface area contributed by atoms with Crippen LogP contribution in [-0.2, 0) is 6.42 Å². The first-order chi connectivity index (χ1) is 12.4. The Balaban J connectivity index is 1.90. The highest BCUT2D eigenvalue weighted by atomic mass is 32.1.